The third kappa shape index (κ3) is 8.01. The van der Waals surface area contributed by atoms with Gasteiger partial charge in [0.25, 0.3) is 0 Å². The smallest absolute Gasteiger partial charge is 0.191 e. The van der Waals surface area contributed by atoms with Crippen molar-refractivity contribution in [1.29, 1.82) is 0 Å². The van der Waals surface area contributed by atoms with Crippen LogP contribution in [0.5, 0.6) is 0 Å². The molecule has 0 radical (unpaired) electrons. The van der Waals surface area contributed by atoms with Crippen LogP contribution >= 0.6 is 11.3 Å². The summed E-state index contributed by atoms with van der Waals surface area (Å²) < 4.78 is 22.6. The Kier molecular flexibility index (Phi) is 8.30. The topological polar surface area (TPSA) is 86.7 Å². The number of nitrogens with zero attached hydrogens (tertiary/aromatic N) is 3. The van der Waals surface area contributed by atoms with Gasteiger partial charge in [0.05, 0.1) is 10.8 Å². The first-order valence-electron chi connectivity index (χ1n) is 9.22. The van der Waals surface area contributed by atoms with Crippen molar-refractivity contribution in [2.75, 3.05) is 44.7 Å². The normalized spacial score (nSPS) is 17.4. The number of sulfone groups is 1. The van der Waals surface area contributed by atoms with Gasteiger partial charge < -0.3 is 15.5 Å². The number of aromatic nitrogens is 1. The molecule has 9 heteroatoms. The van der Waals surface area contributed by atoms with Crippen molar-refractivity contribution in [3.05, 3.63) is 16.1 Å². The zero-order chi connectivity index (χ0) is 19.0. The van der Waals surface area contributed by atoms with Gasteiger partial charge in [0, 0.05) is 62.5 Å². The quantitative estimate of drug-likeness (QED) is 0.500. The van der Waals surface area contributed by atoms with Crippen LogP contribution in [-0.2, 0) is 16.3 Å². The fourth-order valence-electron chi connectivity index (χ4n) is 2.89. The number of nitrogens with one attached hydrogen (secondary N) is 2. The average Bonchev–Trinajstić information content (AvgIpc) is 2.99. The van der Waals surface area contributed by atoms with Crippen molar-refractivity contribution in [3.8, 4) is 0 Å². The lowest BCUT2D eigenvalue weighted by atomic mass is 10.1. The van der Waals surface area contributed by atoms with E-state index in [9.17, 15) is 8.42 Å². The molecule has 0 aromatic carbocycles. The summed E-state index contributed by atoms with van der Waals surface area (Å²) >= 11 is 1.73. The van der Waals surface area contributed by atoms with Crippen LogP contribution in [0.25, 0.3) is 0 Å². The van der Waals surface area contributed by atoms with Crippen LogP contribution in [0.15, 0.2) is 11.2 Å². The second-order valence-corrected chi connectivity index (χ2v) is 10.3. The van der Waals surface area contributed by atoms with Gasteiger partial charge in [0.2, 0.25) is 0 Å². The largest absolute Gasteiger partial charge is 0.357 e. The standard InChI is InChI=1S/C17H31N5O2S2/c1-4-18-17(19-8-5-16-20-13-14(2)25-16)21-15-6-9-22(10-7-15)11-12-26(3,23)24/h13,15H,4-12H2,1-3H3,(H2,18,19,21). The molecule has 7 nitrogen and oxygen atoms in total. The molecule has 0 unspecified atom stereocenters. The van der Waals surface area contributed by atoms with Gasteiger partial charge in [-0.05, 0) is 26.7 Å². The van der Waals surface area contributed by atoms with Gasteiger partial charge >= 0.3 is 0 Å². The minimum Gasteiger partial charge on any atom is -0.357 e. The third-order valence-corrected chi connectivity index (χ3v) is 6.21. The molecule has 1 fully saturated rings. The highest BCUT2D eigenvalue weighted by molar-refractivity contribution is 7.90. The Labute approximate surface area is 161 Å². The first-order valence-corrected chi connectivity index (χ1v) is 12.1. The molecule has 2 rings (SSSR count). The van der Waals surface area contributed by atoms with Gasteiger partial charge in [0.1, 0.15) is 9.84 Å². The summed E-state index contributed by atoms with van der Waals surface area (Å²) in [5.41, 5.74) is 0. The molecule has 2 N–H and O–H groups in total. The van der Waals surface area contributed by atoms with E-state index in [4.69, 9.17) is 0 Å². The van der Waals surface area contributed by atoms with Crippen LogP contribution in [0.3, 0.4) is 0 Å². The number of guanidine groups is 1. The first kappa shape index (κ1) is 21.1. The zero-order valence-corrected chi connectivity index (χ0v) is 17.6. The van der Waals surface area contributed by atoms with Crippen molar-refractivity contribution in [1.82, 2.24) is 20.5 Å². The molecule has 26 heavy (non-hydrogen) atoms. The van der Waals surface area contributed by atoms with Crippen molar-refractivity contribution in [2.45, 2.75) is 39.2 Å². The van der Waals surface area contributed by atoms with Crippen LogP contribution in [0.4, 0.5) is 0 Å². The highest BCUT2D eigenvalue weighted by Crippen LogP contribution is 2.12. The van der Waals surface area contributed by atoms with Gasteiger partial charge in [-0.1, -0.05) is 0 Å². The van der Waals surface area contributed by atoms with Crippen molar-refractivity contribution < 1.29 is 8.42 Å². The summed E-state index contributed by atoms with van der Waals surface area (Å²) in [5.74, 6) is 1.10. The molecule has 0 spiro atoms. The SMILES string of the molecule is CCNC(=NCCc1ncc(C)s1)NC1CCN(CCS(C)(=O)=O)CC1. The van der Waals surface area contributed by atoms with E-state index in [0.717, 1.165) is 56.4 Å². The second kappa shape index (κ2) is 10.2. The Morgan fingerprint density at radius 2 is 2.15 bits per heavy atom. The highest BCUT2D eigenvalue weighted by Gasteiger charge is 2.20. The van der Waals surface area contributed by atoms with E-state index in [1.807, 2.05) is 6.20 Å². The number of piperidine rings is 1. The van der Waals surface area contributed by atoms with Crippen molar-refractivity contribution >= 4 is 27.1 Å². The molecule has 0 amide bonds. The van der Waals surface area contributed by atoms with E-state index in [1.54, 1.807) is 11.3 Å². The molecule has 2 heterocycles. The molecule has 1 aliphatic heterocycles. The Morgan fingerprint density at radius 1 is 1.42 bits per heavy atom. The Morgan fingerprint density at radius 3 is 2.73 bits per heavy atom. The molecular weight excluding hydrogens is 370 g/mol. The summed E-state index contributed by atoms with van der Waals surface area (Å²) in [6.45, 7) is 8.15. The van der Waals surface area contributed by atoms with Crippen LogP contribution in [0, 0.1) is 6.92 Å². The van der Waals surface area contributed by atoms with Gasteiger partial charge in [-0.2, -0.15) is 0 Å². The summed E-state index contributed by atoms with van der Waals surface area (Å²) in [6, 6.07) is 0.379. The summed E-state index contributed by atoms with van der Waals surface area (Å²) in [5, 5.41) is 7.95. The number of rotatable bonds is 8. The Bertz CT molecular complexity index is 679. The lowest BCUT2D eigenvalue weighted by molar-refractivity contribution is 0.216. The van der Waals surface area contributed by atoms with E-state index in [2.05, 4.69) is 39.4 Å². The predicted molar refractivity (Wildman–Crippen MR) is 109 cm³/mol. The van der Waals surface area contributed by atoms with Crippen LogP contribution in [0.2, 0.25) is 0 Å². The number of hydrogen-bond donors (Lipinski definition) is 2. The lowest BCUT2D eigenvalue weighted by Crippen LogP contribution is -2.49. The molecule has 148 valence electrons. The molecular formula is C17H31N5O2S2. The molecule has 1 aromatic rings. The number of likely N-dealkylation sites (tertiary alicyclic amines) is 1. The number of aliphatic imine (C=N–C) groups is 1. The average molecular weight is 402 g/mol. The van der Waals surface area contributed by atoms with Crippen molar-refractivity contribution in [2.24, 2.45) is 4.99 Å². The van der Waals surface area contributed by atoms with Crippen LogP contribution < -0.4 is 10.6 Å². The molecule has 0 bridgehead atoms. The Balaban J connectivity index is 1.76. The van der Waals surface area contributed by atoms with Gasteiger partial charge in [0.15, 0.2) is 5.96 Å². The van der Waals surface area contributed by atoms with E-state index < -0.39 is 9.84 Å². The van der Waals surface area contributed by atoms with Gasteiger partial charge in [-0.15, -0.1) is 11.3 Å². The first-order chi connectivity index (χ1) is 12.4. The van der Waals surface area contributed by atoms with E-state index >= 15 is 0 Å². The summed E-state index contributed by atoms with van der Waals surface area (Å²) in [7, 11) is -2.89. The summed E-state index contributed by atoms with van der Waals surface area (Å²) in [6.07, 6.45) is 6.07. The molecule has 0 saturated carbocycles. The molecule has 1 aliphatic rings. The fraction of sp³-hybridized carbons (Fsp3) is 0.765. The van der Waals surface area contributed by atoms with E-state index in [1.165, 1.54) is 11.1 Å². The monoisotopic (exact) mass is 401 g/mol. The number of hydrogen-bond acceptors (Lipinski definition) is 6. The Hall–Kier alpha value is -1.19. The van der Waals surface area contributed by atoms with Crippen LogP contribution in [-0.4, -0.2) is 75.0 Å². The maximum atomic E-state index is 11.3. The molecule has 1 saturated heterocycles. The minimum atomic E-state index is -2.89. The molecule has 1 aromatic heterocycles. The lowest BCUT2D eigenvalue weighted by Gasteiger charge is -2.32. The van der Waals surface area contributed by atoms with Crippen LogP contribution in [0.1, 0.15) is 29.7 Å². The van der Waals surface area contributed by atoms with E-state index in [0.29, 0.717) is 12.6 Å². The number of aryl methyl sites for hydroxylation is 1. The maximum Gasteiger partial charge on any atom is 0.191 e. The predicted octanol–water partition coefficient (Wildman–Crippen LogP) is 1.06. The van der Waals surface area contributed by atoms with Crippen molar-refractivity contribution in [3.63, 3.8) is 0 Å². The highest BCUT2D eigenvalue weighted by atomic mass is 32.2. The molecule has 0 atom stereocenters. The zero-order valence-electron chi connectivity index (χ0n) is 16.0. The minimum absolute atomic E-state index is 0.241. The summed E-state index contributed by atoms with van der Waals surface area (Å²) in [4.78, 5) is 12.5. The maximum absolute atomic E-state index is 11.3. The van der Waals surface area contributed by atoms with E-state index in [-0.39, 0.29) is 5.75 Å². The van der Waals surface area contributed by atoms with Gasteiger partial charge in [-0.25, -0.2) is 13.4 Å². The third-order valence-electron chi connectivity index (χ3n) is 4.32. The van der Waals surface area contributed by atoms with Gasteiger partial charge in [-0.3, -0.25) is 4.99 Å². The fourth-order valence-corrected chi connectivity index (χ4v) is 4.26. The number of thiazole rings is 1. The second-order valence-electron chi connectivity index (χ2n) is 6.77. The molecule has 0 aliphatic carbocycles.